The minimum atomic E-state index is -0.742. The van der Waals surface area contributed by atoms with Gasteiger partial charge in [-0.25, -0.2) is 8.78 Å². The second-order valence-electron chi connectivity index (χ2n) is 3.66. The van der Waals surface area contributed by atoms with Crippen LogP contribution in [0.1, 0.15) is 15.9 Å². The third-order valence-corrected chi connectivity index (χ3v) is 2.77. The van der Waals surface area contributed by atoms with Crippen molar-refractivity contribution in [3.05, 3.63) is 64.4 Å². The first-order valence-electron chi connectivity index (χ1n) is 5.15. The summed E-state index contributed by atoms with van der Waals surface area (Å²) in [5.41, 5.74) is -0.0512. The molecule has 92 valence electrons. The fourth-order valence-electron chi connectivity index (χ4n) is 1.56. The molecule has 0 saturated heterocycles. The molecule has 0 saturated carbocycles. The topological polar surface area (TPSA) is 30.0 Å². The maximum absolute atomic E-state index is 13.4. The lowest BCUT2D eigenvalue weighted by atomic mass is 10.0. The number of hydrogen-bond acceptors (Lipinski definition) is 2. The number of carbonyl (C=O) groups excluding carboxylic acids is 1. The van der Waals surface area contributed by atoms with E-state index in [2.05, 4.69) is 4.98 Å². The van der Waals surface area contributed by atoms with Crippen LogP contribution in [0.2, 0.25) is 5.02 Å². The van der Waals surface area contributed by atoms with Gasteiger partial charge in [0, 0.05) is 29.9 Å². The number of nitrogens with zero attached hydrogens (tertiary/aromatic N) is 1. The fourth-order valence-corrected chi connectivity index (χ4v) is 1.78. The molecule has 2 nitrogen and oxygen atoms in total. The Kier molecular flexibility index (Phi) is 3.67. The van der Waals surface area contributed by atoms with Crippen LogP contribution in [0.3, 0.4) is 0 Å². The summed E-state index contributed by atoms with van der Waals surface area (Å²) in [6, 6.07) is 4.89. The molecule has 18 heavy (non-hydrogen) atoms. The summed E-state index contributed by atoms with van der Waals surface area (Å²) < 4.78 is 26.8. The van der Waals surface area contributed by atoms with Crippen molar-refractivity contribution >= 4 is 17.4 Å². The first-order valence-corrected chi connectivity index (χ1v) is 5.53. The molecule has 0 N–H and O–H groups in total. The summed E-state index contributed by atoms with van der Waals surface area (Å²) >= 11 is 5.79. The van der Waals surface area contributed by atoms with Crippen LogP contribution in [-0.2, 0) is 6.42 Å². The number of carbonyl (C=O) groups is 1. The van der Waals surface area contributed by atoms with Crippen molar-refractivity contribution in [2.24, 2.45) is 0 Å². The van der Waals surface area contributed by atoms with E-state index in [4.69, 9.17) is 11.6 Å². The first-order chi connectivity index (χ1) is 8.59. The van der Waals surface area contributed by atoms with Crippen LogP contribution in [-0.4, -0.2) is 10.8 Å². The van der Waals surface area contributed by atoms with Crippen LogP contribution in [0, 0.1) is 11.6 Å². The molecule has 0 atom stereocenters. The second kappa shape index (κ2) is 5.23. The van der Waals surface area contributed by atoms with E-state index in [1.165, 1.54) is 24.5 Å². The number of pyridine rings is 1. The van der Waals surface area contributed by atoms with E-state index in [0.29, 0.717) is 0 Å². The first kappa shape index (κ1) is 12.6. The molecule has 0 radical (unpaired) electrons. The van der Waals surface area contributed by atoms with E-state index in [0.717, 1.165) is 12.1 Å². The molecule has 0 aliphatic rings. The van der Waals surface area contributed by atoms with Crippen molar-refractivity contribution in [1.82, 2.24) is 4.98 Å². The number of rotatable bonds is 3. The van der Waals surface area contributed by atoms with Crippen molar-refractivity contribution in [2.45, 2.75) is 6.42 Å². The summed E-state index contributed by atoms with van der Waals surface area (Å²) in [4.78, 5) is 15.6. The lowest BCUT2D eigenvalue weighted by molar-refractivity contribution is 0.0990. The Morgan fingerprint density at radius 3 is 2.50 bits per heavy atom. The summed E-state index contributed by atoms with van der Waals surface area (Å²) in [5.74, 6) is -1.94. The van der Waals surface area contributed by atoms with Gasteiger partial charge in [0.05, 0.1) is 5.02 Å². The van der Waals surface area contributed by atoms with Crippen molar-refractivity contribution < 1.29 is 13.6 Å². The zero-order chi connectivity index (χ0) is 13.1. The summed E-state index contributed by atoms with van der Waals surface area (Å²) in [6.45, 7) is 0. The Morgan fingerprint density at radius 1 is 1.22 bits per heavy atom. The van der Waals surface area contributed by atoms with Crippen LogP contribution in [0.25, 0.3) is 0 Å². The molecule has 0 aliphatic carbocycles. The normalized spacial score (nSPS) is 10.4. The zero-order valence-electron chi connectivity index (χ0n) is 9.16. The molecule has 1 aromatic heterocycles. The molecule has 0 fully saturated rings. The van der Waals surface area contributed by atoms with Gasteiger partial charge in [0.1, 0.15) is 11.6 Å². The van der Waals surface area contributed by atoms with Gasteiger partial charge in [-0.05, 0) is 18.2 Å². The average Bonchev–Trinajstić information content (AvgIpc) is 2.34. The Balaban J connectivity index is 2.30. The maximum atomic E-state index is 13.4. The number of aromatic nitrogens is 1. The fraction of sp³-hybridized carbons (Fsp3) is 0.0769. The molecule has 0 aliphatic heterocycles. The van der Waals surface area contributed by atoms with Gasteiger partial charge in [-0.3, -0.25) is 9.78 Å². The summed E-state index contributed by atoms with van der Waals surface area (Å²) in [5, 5.41) is 0.166. The molecular formula is C13H8ClF2NO. The van der Waals surface area contributed by atoms with Gasteiger partial charge in [0.15, 0.2) is 5.78 Å². The van der Waals surface area contributed by atoms with Crippen LogP contribution >= 0.6 is 11.6 Å². The largest absolute Gasteiger partial charge is 0.294 e. The molecule has 0 bridgehead atoms. The number of Topliss-reactive ketones (excluding diaryl/α,β-unsaturated/α-hetero) is 1. The molecule has 0 spiro atoms. The number of benzene rings is 1. The van der Waals surface area contributed by atoms with Gasteiger partial charge < -0.3 is 0 Å². The monoisotopic (exact) mass is 267 g/mol. The van der Waals surface area contributed by atoms with E-state index in [1.54, 1.807) is 0 Å². The van der Waals surface area contributed by atoms with E-state index >= 15 is 0 Å². The molecule has 2 rings (SSSR count). The van der Waals surface area contributed by atoms with Crippen LogP contribution in [0.4, 0.5) is 8.78 Å². The van der Waals surface area contributed by atoms with E-state index in [-0.39, 0.29) is 22.6 Å². The predicted molar refractivity (Wildman–Crippen MR) is 63.6 cm³/mol. The van der Waals surface area contributed by atoms with Crippen LogP contribution < -0.4 is 0 Å². The summed E-state index contributed by atoms with van der Waals surface area (Å²) in [7, 11) is 0. The third-order valence-electron chi connectivity index (χ3n) is 2.47. The lowest BCUT2D eigenvalue weighted by Gasteiger charge is -2.05. The van der Waals surface area contributed by atoms with Crippen molar-refractivity contribution in [2.75, 3.05) is 0 Å². The lowest BCUT2D eigenvalue weighted by Crippen LogP contribution is -2.08. The number of hydrogen-bond donors (Lipinski definition) is 0. The van der Waals surface area contributed by atoms with Gasteiger partial charge >= 0.3 is 0 Å². The van der Waals surface area contributed by atoms with Gasteiger partial charge in [-0.15, -0.1) is 0 Å². The molecular weight excluding hydrogens is 260 g/mol. The Labute approximate surface area is 107 Å². The Morgan fingerprint density at radius 2 is 1.89 bits per heavy atom. The number of halogens is 3. The van der Waals surface area contributed by atoms with E-state index < -0.39 is 17.4 Å². The van der Waals surface area contributed by atoms with Gasteiger partial charge in [-0.1, -0.05) is 17.7 Å². The molecule has 5 heteroatoms. The highest BCUT2D eigenvalue weighted by Gasteiger charge is 2.16. The quantitative estimate of drug-likeness (QED) is 0.798. The maximum Gasteiger partial charge on any atom is 0.169 e. The van der Waals surface area contributed by atoms with E-state index in [9.17, 15) is 13.6 Å². The zero-order valence-corrected chi connectivity index (χ0v) is 9.92. The molecule has 1 heterocycles. The van der Waals surface area contributed by atoms with Crippen LogP contribution in [0.5, 0.6) is 0 Å². The Hall–Kier alpha value is -1.81. The smallest absolute Gasteiger partial charge is 0.169 e. The summed E-state index contributed by atoms with van der Waals surface area (Å²) in [6.07, 6.45) is 2.34. The highest BCUT2D eigenvalue weighted by molar-refractivity contribution is 6.33. The standard InChI is InChI=1S/C13H8ClF2NO/c14-10-7-17-5-4-8(10)13(18)6-9-11(15)2-1-3-12(9)16/h1-5,7H,6H2. The number of ketones is 1. The van der Waals surface area contributed by atoms with E-state index in [1.807, 2.05) is 0 Å². The molecule has 0 amide bonds. The molecule has 2 aromatic rings. The van der Waals surface area contributed by atoms with Gasteiger partial charge in [0.2, 0.25) is 0 Å². The van der Waals surface area contributed by atoms with Gasteiger partial charge in [-0.2, -0.15) is 0 Å². The highest BCUT2D eigenvalue weighted by atomic mass is 35.5. The van der Waals surface area contributed by atoms with Gasteiger partial charge in [0.25, 0.3) is 0 Å². The van der Waals surface area contributed by atoms with Crippen LogP contribution in [0.15, 0.2) is 36.7 Å². The molecule has 0 unspecified atom stereocenters. The third kappa shape index (κ3) is 2.54. The highest BCUT2D eigenvalue weighted by Crippen LogP contribution is 2.19. The molecule has 1 aromatic carbocycles. The Bertz CT molecular complexity index is 581. The SMILES string of the molecule is O=C(Cc1c(F)cccc1F)c1ccncc1Cl. The predicted octanol–water partition coefficient (Wildman–Crippen LogP) is 3.44. The van der Waals surface area contributed by atoms with Crippen molar-refractivity contribution in [3.8, 4) is 0 Å². The minimum absolute atomic E-state index is 0.166. The average molecular weight is 268 g/mol. The van der Waals surface area contributed by atoms with Crippen molar-refractivity contribution in [1.29, 1.82) is 0 Å². The second-order valence-corrected chi connectivity index (χ2v) is 4.06. The minimum Gasteiger partial charge on any atom is -0.294 e. The van der Waals surface area contributed by atoms with Crippen molar-refractivity contribution in [3.63, 3.8) is 0 Å².